The van der Waals surface area contributed by atoms with E-state index in [-0.39, 0.29) is 5.88 Å². The number of rotatable bonds is 4. The largest absolute Gasteiger partial charge is 0.494 e. The number of pyridine rings is 2. The number of hydrogen-bond acceptors (Lipinski definition) is 6. The molecule has 126 valence electrons. The summed E-state index contributed by atoms with van der Waals surface area (Å²) in [5.41, 5.74) is 2.25. The SMILES string of the molecule is COc1cc(-c2ccc3c(O)n(-c4cccs4)cc3n2)cnc1OC. The van der Waals surface area contributed by atoms with E-state index in [0.29, 0.717) is 22.5 Å². The second kappa shape index (κ2) is 6.10. The number of thiophene rings is 1. The Hall–Kier alpha value is -3.06. The monoisotopic (exact) mass is 353 g/mol. The van der Waals surface area contributed by atoms with Gasteiger partial charge in [0.1, 0.15) is 5.00 Å². The molecule has 4 aromatic heterocycles. The van der Waals surface area contributed by atoms with Crippen molar-refractivity contribution < 1.29 is 14.6 Å². The van der Waals surface area contributed by atoms with Gasteiger partial charge in [0, 0.05) is 18.0 Å². The topological polar surface area (TPSA) is 69.4 Å². The summed E-state index contributed by atoms with van der Waals surface area (Å²) in [6.07, 6.45) is 3.51. The second-order valence-corrected chi connectivity index (χ2v) is 6.26. The summed E-state index contributed by atoms with van der Waals surface area (Å²) in [6, 6.07) is 9.42. The molecule has 4 heterocycles. The molecule has 0 aliphatic heterocycles. The second-order valence-electron chi connectivity index (χ2n) is 5.34. The summed E-state index contributed by atoms with van der Waals surface area (Å²) in [7, 11) is 3.12. The Morgan fingerprint density at radius 2 is 2.04 bits per heavy atom. The average Bonchev–Trinajstić information content (AvgIpc) is 3.29. The molecule has 25 heavy (non-hydrogen) atoms. The van der Waals surface area contributed by atoms with E-state index in [1.54, 1.807) is 36.3 Å². The van der Waals surface area contributed by atoms with Crippen LogP contribution in [-0.4, -0.2) is 33.9 Å². The molecular weight excluding hydrogens is 338 g/mol. The van der Waals surface area contributed by atoms with E-state index in [2.05, 4.69) is 9.97 Å². The molecule has 0 unspecified atom stereocenters. The van der Waals surface area contributed by atoms with Crippen LogP contribution >= 0.6 is 11.3 Å². The van der Waals surface area contributed by atoms with Crippen LogP contribution in [0.1, 0.15) is 0 Å². The van der Waals surface area contributed by atoms with Crippen molar-refractivity contribution in [3.8, 4) is 33.8 Å². The van der Waals surface area contributed by atoms with Gasteiger partial charge in [-0.15, -0.1) is 11.3 Å². The van der Waals surface area contributed by atoms with Crippen LogP contribution in [0.5, 0.6) is 17.5 Å². The molecule has 0 atom stereocenters. The molecule has 0 spiro atoms. The van der Waals surface area contributed by atoms with Crippen molar-refractivity contribution in [2.75, 3.05) is 14.2 Å². The van der Waals surface area contributed by atoms with Crippen LogP contribution < -0.4 is 9.47 Å². The maximum absolute atomic E-state index is 10.5. The van der Waals surface area contributed by atoms with E-state index in [4.69, 9.17) is 9.47 Å². The fraction of sp³-hybridized carbons (Fsp3) is 0.111. The molecule has 0 aromatic carbocycles. The Labute approximate surface area is 147 Å². The Morgan fingerprint density at radius 1 is 1.16 bits per heavy atom. The lowest BCUT2D eigenvalue weighted by atomic mass is 10.1. The molecule has 7 heteroatoms. The number of aromatic hydroxyl groups is 1. The molecule has 0 saturated heterocycles. The highest BCUT2D eigenvalue weighted by Gasteiger charge is 2.14. The zero-order chi connectivity index (χ0) is 17.4. The predicted octanol–water partition coefficient (Wildman–Crippen LogP) is 3.87. The Morgan fingerprint density at radius 3 is 2.76 bits per heavy atom. The summed E-state index contributed by atoms with van der Waals surface area (Å²) >= 11 is 1.55. The first kappa shape index (κ1) is 15.5. The highest BCUT2D eigenvalue weighted by molar-refractivity contribution is 7.12. The van der Waals surface area contributed by atoms with Crippen molar-refractivity contribution in [1.82, 2.24) is 14.5 Å². The van der Waals surface area contributed by atoms with Gasteiger partial charge in [0.05, 0.1) is 30.8 Å². The van der Waals surface area contributed by atoms with Crippen molar-refractivity contribution in [3.05, 3.63) is 48.1 Å². The molecular formula is C18H15N3O3S. The van der Waals surface area contributed by atoms with Crippen LogP contribution in [0.25, 0.3) is 27.2 Å². The average molecular weight is 353 g/mol. The van der Waals surface area contributed by atoms with Gasteiger partial charge in [-0.2, -0.15) is 0 Å². The lowest BCUT2D eigenvalue weighted by molar-refractivity contribution is 0.343. The normalized spacial score (nSPS) is 11.0. The van der Waals surface area contributed by atoms with Gasteiger partial charge < -0.3 is 14.6 Å². The molecule has 0 bridgehead atoms. The molecule has 4 rings (SSSR count). The van der Waals surface area contributed by atoms with Crippen LogP contribution in [0.4, 0.5) is 0 Å². The van der Waals surface area contributed by atoms with Gasteiger partial charge in [-0.1, -0.05) is 0 Å². The van der Waals surface area contributed by atoms with E-state index in [0.717, 1.165) is 16.3 Å². The highest BCUT2D eigenvalue weighted by atomic mass is 32.1. The Bertz CT molecular complexity index is 1040. The van der Waals surface area contributed by atoms with E-state index >= 15 is 0 Å². The molecule has 0 fully saturated rings. The third-order valence-electron chi connectivity index (χ3n) is 3.92. The maximum atomic E-state index is 10.5. The standard InChI is InChI=1S/C18H15N3O3S/c1-23-15-8-11(9-19-17(15)24-2)13-6-5-12-14(20-13)10-21(18(12)22)16-4-3-7-25-16/h3-10,22H,1-2H3. The Kier molecular flexibility index (Phi) is 3.77. The zero-order valence-corrected chi connectivity index (χ0v) is 14.4. The van der Waals surface area contributed by atoms with Crippen LogP contribution in [-0.2, 0) is 0 Å². The molecule has 0 aliphatic rings. The summed E-state index contributed by atoms with van der Waals surface area (Å²) in [5, 5.41) is 14.1. The summed E-state index contributed by atoms with van der Waals surface area (Å²) in [4.78, 5) is 8.90. The van der Waals surface area contributed by atoms with Gasteiger partial charge in [-0.25, -0.2) is 9.97 Å². The van der Waals surface area contributed by atoms with Crippen LogP contribution in [0.3, 0.4) is 0 Å². The third kappa shape index (κ3) is 2.58. The van der Waals surface area contributed by atoms with E-state index in [1.807, 2.05) is 41.9 Å². The van der Waals surface area contributed by atoms with Crippen LogP contribution in [0.2, 0.25) is 0 Å². The number of aromatic nitrogens is 3. The maximum Gasteiger partial charge on any atom is 0.256 e. The first-order chi connectivity index (χ1) is 12.2. The quantitative estimate of drug-likeness (QED) is 0.603. The molecule has 0 amide bonds. The summed E-state index contributed by atoms with van der Waals surface area (Å²) in [6.45, 7) is 0. The number of ether oxygens (including phenoxy) is 2. The highest BCUT2D eigenvalue weighted by Crippen LogP contribution is 2.34. The minimum atomic E-state index is 0.182. The zero-order valence-electron chi connectivity index (χ0n) is 13.6. The van der Waals surface area contributed by atoms with E-state index < -0.39 is 0 Å². The summed E-state index contributed by atoms with van der Waals surface area (Å²) in [5.74, 6) is 1.15. The number of nitrogens with zero attached hydrogens (tertiary/aromatic N) is 3. The van der Waals surface area contributed by atoms with E-state index in [9.17, 15) is 5.11 Å². The minimum absolute atomic E-state index is 0.182. The van der Waals surface area contributed by atoms with Crippen molar-refractivity contribution >= 4 is 22.2 Å². The first-order valence-electron chi connectivity index (χ1n) is 7.54. The predicted molar refractivity (Wildman–Crippen MR) is 96.9 cm³/mol. The number of fused-ring (bicyclic) bond motifs is 1. The smallest absolute Gasteiger partial charge is 0.256 e. The van der Waals surface area contributed by atoms with Gasteiger partial charge >= 0.3 is 0 Å². The fourth-order valence-corrected chi connectivity index (χ4v) is 3.39. The minimum Gasteiger partial charge on any atom is -0.494 e. The lowest BCUT2D eigenvalue weighted by Gasteiger charge is -2.08. The van der Waals surface area contributed by atoms with Crippen molar-refractivity contribution in [2.45, 2.75) is 0 Å². The van der Waals surface area contributed by atoms with E-state index in [1.165, 1.54) is 0 Å². The van der Waals surface area contributed by atoms with Crippen LogP contribution in [0, 0.1) is 0 Å². The van der Waals surface area contributed by atoms with Gasteiger partial charge in [-0.05, 0) is 35.7 Å². The van der Waals surface area contributed by atoms with Crippen molar-refractivity contribution in [2.24, 2.45) is 0 Å². The lowest BCUT2D eigenvalue weighted by Crippen LogP contribution is -1.94. The Balaban J connectivity index is 1.82. The fourth-order valence-electron chi connectivity index (χ4n) is 2.68. The third-order valence-corrected chi connectivity index (χ3v) is 4.78. The van der Waals surface area contributed by atoms with Crippen LogP contribution in [0.15, 0.2) is 48.1 Å². The molecule has 4 aromatic rings. The van der Waals surface area contributed by atoms with Crippen molar-refractivity contribution in [1.29, 1.82) is 0 Å². The molecule has 0 aliphatic carbocycles. The van der Waals surface area contributed by atoms with Gasteiger partial charge in [-0.3, -0.25) is 4.57 Å². The molecule has 0 saturated carbocycles. The molecule has 0 radical (unpaired) electrons. The van der Waals surface area contributed by atoms with Gasteiger partial charge in [0.25, 0.3) is 5.88 Å². The first-order valence-corrected chi connectivity index (χ1v) is 8.42. The summed E-state index contributed by atoms with van der Waals surface area (Å²) < 4.78 is 12.2. The molecule has 1 N–H and O–H groups in total. The number of methoxy groups -OCH3 is 2. The number of hydrogen-bond donors (Lipinski definition) is 1. The molecule has 6 nitrogen and oxygen atoms in total. The van der Waals surface area contributed by atoms with Gasteiger partial charge in [0.15, 0.2) is 5.75 Å². The van der Waals surface area contributed by atoms with Crippen molar-refractivity contribution in [3.63, 3.8) is 0 Å². The van der Waals surface area contributed by atoms with Gasteiger partial charge in [0.2, 0.25) is 5.88 Å².